The molecule has 1 amide bonds. The molecule has 1 atom stereocenters. The fourth-order valence-corrected chi connectivity index (χ4v) is 1.74. The molecule has 11 nitrogen and oxygen atoms in total. The number of nitrogens with one attached hydrogen (secondary N) is 1. The molecule has 28 heavy (non-hydrogen) atoms. The summed E-state index contributed by atoms with van der Waals surface area (Å²) in [6.07, 6.45) is -3.22. The summed E-state index contributed by atoms with van der Waals surface area (Å²) in [5.74, 6) is -0.692. The SMILES string of the molecule is CC(OC(=O)CCNC(=O)OC(C)(C)C)OC(=O)Oc1ccc([N+](=O)[O-])cc1. The first-order valence-corrected chi connectivity index (χ1v) is 8.25. The molecule has 0 saturated heterocycles. The van der Waals surface area contributed by atoms with E-state index < -0.39 is 35.0 Å². The van der Waals surface area contributed by atoms with Crippen molar-refractivity contribution in [3.8, 4) is 5.75 Å². The minimum atomic E-state index is -1.24. The van der Waals surface area contributed by atoms with Crippen LogP contribution in [0.15, 0.2) is 24.3 Å². The van der Waals surface area contributed by atoms with Gasteiger partial charge >= 0.3 is 18.2 Å². The zero-order valence-electron chi connectivity index (χ0n) is 15.9. The van der Waals surface area contributed by atoms with E-state index in [0.29, 0.717) is 0 Å². The number of benzene rings is 1. The molecule has 0 saturated carbocycles. The normalized spacial score (nSPS) is 11.7. The van der Waals surface area contributed by atoms with Crippen LogP contribution in [-0.2, 0) is 19.0 Å². The van der Waals surface area contributed by atoms with Gasteiger partial charge in [-0.3, -0.25) is 14.9 Å². The highest BCUT2D eigenvalue weighted by molar-refractivity contribution is 5.72. The number of ether oxygens (including phenoxy) is 4. The minimum Gasteiger partial charge on any atom is -0.444 e. The summed E-state index contributed by atoms with van der Waals surface area (Å²) < 4.78 is 19.4. The second-order valence-corrected chi connectivity index (χ2v) is 6.46. The van der Waals surface area contributed by atoms with Crippen molar-refractivity contribution in [3.05, 3.63) is 34.4 Å². The molecule has 0 aliphatic rings. The Morgan fingerprint density at radius 1 is 1.14 bits per heavy atom. The smallest absolute Gasteiger partial charge is 0.444 e. The molecule has 1 rings (SSSR count). The summed E-state index contributed by atoms with van der Waals surface area (Å²) in [6, 6.07) is 4.75. The zero-order valence-corrected chi connectivity index (χ0v) is 15.9. The fraction of sp³-hybridized carbons (Fsp3) is 0.471. The highest BCUT2D eigenvalue weighted by Crippen LogP contribution is 2.18. The van der Waals surface area contributed by atoms with Gasteiger partial charge in [0.2, 0.25) is 6.29 Å². The standard InChI is InChI=1S/C17H22N2O9/c1-11(25-14(20)9-10-18-15(21)28-17(2,3)4)26-16(22)27-13-7-5-12(6-8-13)19(23)24/h5-8,11H,9-10H2,1-4H3,(H,18,21). The third-order valence-corrected chi connectivity index (χ3v) is 2.81. The number of amides is 1. The molecule has 1 unspecified atom stereocenters. The van der Waals surface area contributed by atoms with Gasteiger partial charge in [0.05, 0.1) is 11.3 Å². The van der Waals surface area contributed by atoms with Gasteiger partial charge < -0.3 is 24.3 Å². The van der Waals surface area contributed by atoms with Crippen LogP contribution >= 0.6 is 0 Å². The summed E-state index contributed by atoms with van der Waals surface area (Å²) in [5, 5.41) is 12.9. The average molecular weight is 398 g/mol. The van der Waals surface area contributed by atoms with E-state index in [4.69, 9.17) is 18.9 Å². The van der Waals surface area contributed by atoms with Gasteiger partial charge in [0, 0.05) is 25.6 Å². The summed E-state index contributed by atoms with van der Waals surface area (Å²) in [4.78, 5) is 44.7. The summed E-state index contributed by atoms with van der Waals surface area (Å²) >= 11 is 0. The van der Waals surface area contributed by atoms with E-state index in [9.17, 15) is 24.5 Å². The molecule has 0 aliphatic heterocycles. The van der Waals surface area contributed by atoms with Crippen molar-refractivity contribution >= 4 is 23.9 Å². The lowest BCUT2D eigenvalue weighted by Crippen LogP contribution is -2.34. The van der Waals surface area contributed by atoms with Crippen molar-refractivity contribution in [2.45, 2.75) is 46.0 Å². The van der Waals surface area contributed by atoms with E-state index in [0.717, 1.165) is 12.1 Å². The van der Waals surface area contributed by atoms with Crippen molar-refractivity contribution in [3.63, 3.8) is 0 Å². The largest absolute Gasteiger partial charge is 0.516 e. The van der Waals surface area contributed by atoms with E-state index in [1.54, 1.807) is 20.8 Å². The van der Waals surface area contributed by atoms with Gasteiger partial charge in [0.25, 0.3) is 5.69 Å². The molecule has 1 N–H and O–H groups in total. The monoisotopic (exact) mass is 398 g/mol. The molecular weight excluding hydrogens is 376 g/mol. The van der Waals surface area contributed by atoms with Crippen LogP contribution in [0.3, 0.4) is 0 Å². The summed E-state index contributed by atoms with van der Waals surface area (Å²) in [7, 11) is 0. The third kappa shape index (κ3) is 9.36. The molecule has 0 bridgehead atoms. The second kappa shape index (κ2) is 10.1. The van der Waals surface area contributed by atoms with E-state index in [2.05, 4.69) is 5.32 Å². The number of nitro groups is 1. The Hall–Kier alpha value is -3.37. The molecular formula is C17H22N2O9. The van der Waals surface area contributed by atoms with Crippen molar-refractivity contribution in [2.75, 3.05) is 6.54 Å². The van der Waals surface area contributed by atoms with Crippen LogP contribution in [0.4, 0.5) is 15.3 Å². The van der Waals surface area contributed by atoms with E-state index in [1.807, 2.05) is 0 Å². The van der Waals surface area contributed by atoms with Crippen LogP contribution in [0.1, 0.15) is 34.1 Å². The number of carbonyl (C=O) groups is 3. The molecule has 0 aromatic heterocycles. The lowest BCUT2D eigenvalue weighted by molar-refractivity contribution is -0.384. The van der Waals surface area contributed by atoms with Crippen LogP contribution in [-0.4, -0.2) is 41.6 Å². The first-order valence-electron chi connectivity index (χ1n) is 8.25. The van der Waals surface area contributed by atoms with Crippen molar-refractivity contribution in [1.82, 2.24) is 5.32 Å². The van der Waals surface area contributed by atoms with E-state index in [1.165, 1.54) is 19.1 Å². The minimum absolute atomic E-state index is 0.0201. The number of nitro benzene ring substituents is 1. The van der Waals surface area contributed by atoms with Gasteiger partial charge in [-0.05, 0) is 32.9 Å². The molecule has 0 heterocycles. The van der Waals surface area contributed by atoms with Crippen molar-refractivity contribution < 1.29 is 38.3 Å². The van der Waals surface area contributed by atoms with Gasteiger partial charge in [-0.15, -0.1) is 0 Å². The number of nitrogens with zero attached hydrogens (tertiary/aromatic N) is 1. The third-order valence-electron chi connectivity index (χ3n) is 2.81. The topological polar surface area (TPSA) is 143 Å². The Balaban J connectivity index is 2.31. The first kappa shape index (κ1) is 22.7. The Labute approximate surface area is 161 Å². The van der Waals surface area contributed by atoms with Gasteiger partial charge in [-0.2, -0.15) is 0 Å². The van der Waals surface area contributed by atoms with Gasteiger partial charge in [-0.1, -0.05) is 0 Å². The Morgan fingerprint density at radius 3 is 2.29 bits per heavy atom. The molecule has 11 heteroatoms. The molecule has 0 aliphatic carbocycles. The average Bonchev–Trinajstić information content (AvgIpc) is 2.53. The molecule has 154 valence electrons. The summed E-state index contributed by atoms with van der Waals surface area (Å²) in [5.41, 5.74) is -0.820. The maximum Gasteiger partial charge on any atom is 0.516 e. The van der Waals surface area contributed by atoms with Crippen molar-refractivity contribution in [2.24, 2.45) is 0 Å². The van der Waals surface area contributed by atoms with Crippen LogP contribution in [0.2, 0.25) is 0 Å². The number of non-ortho nitro benzene ring substituents is 1. The molecule has 0 fully saturated rings. The number of carbonyl (C=O) groups excluding carboxylic acids is 3. The van der Waals surface area contributed by atoms with Crippen LogP contribution < -0.4 is 10.1 Å². The Kier molecular flexibility index (Phi) is 8.17. The maximum atomic E-state index is 11.7. The predicted octanol–water partition coefficient (Wildman–Crippen LogP) is 2.91. The highest BCUT2D eigenvalue weighted by Gasteiger charge is 2.18. The fourth-order valence-electron chi connectivity index (χ4n) is 1.74. The zero-order chi connectivity index (χ0) is 21.3. The highest BCUT2D eigenvalue weighted by atomic mass is 16.8. The van der Waals surface area contributed by atoms with Crippen LogP contribution in [0, 0.1) is 10.1 Å². The quantitative estimate of drug-likeness (QED) is 0.241. The lowest BCUT2D eigenvalue weighted by atomic mass is 10.2. The number of rotatable bonds is 7. The predicted molar refractivity (Wildman–Crippen MR) is 94.6 cm³/mol. The maximum absolute atomic E-state index is 11.7. The number of hydrogen-bond donors (Lipinski definition) is 1. The number of alkyl carbamates (subject to hydrolysis) is 1. The second-order valence-electron chi connectivity index (χ2n) is 6.46. The first-order chi connectivity index (χ1) is 13.0. The van der Waals surface area contributed by atoms with Gasteiger partial charge in [0.15, 0.2) is 0 Å². The molecule has 1 aromatic carbocycles. The summed E-state index contributed by atoms with van der Waals surface area (Å²) in [6.45, 7) is 6.39. The molecule has 1 aromatic rings. The van der Waals surface area contributed by atoms with Crippen molar-refractivity contribution in [1.29, 1.82) is 0 Å². The Bertz CT molecular complexity index is 710. The molecule has 0 spiro atoms. The van der Waals surface area contributed by atoms with Gasteiger partial charge in [0.1, 0.15) is 11.4 Å². The van der Waals surface area contributed by atoms with E-state index >= 15 is 0 Å². The Morgan fingerprint density at radius 2 is 1.75 bits per heavy atom. The van der Waals surface area contributed by atoms with Crippen LogP contribution in [0.5, 0.6) is 5.75 Å². The number of hydrogen-bond acceptors (Lipinski definition) is 9. The molecule has 0 radical (unpaired) electrons. The lowest BCUT2D eigenvalue weighted by Gasteiger charge is -2.19. The van der Waals surface area contributed by atoms with Crippen LogP contribution in [0.25, 0.3) is 0 Å². The van der Waals surface area contributed by atoms with Gasteiger partial charge in [-0.25, -0.2) is 9.59 Å². The van der Waals surface area contributed by atoms with E-state index in [-0.39, 0.29) is 24.4 Å². The number of esters is 1.